The standard InChI is InChI=1S/C31H25ClN4O2S/c1-21-9-15-26(16-10-21)34-31-35-29(20-39-31)23-11-13-24(14-12-23)30(37)36-33-18-22-5-4-7-27(17-22)38-19-25-6-2-3-8-28(25)32/h2-18,20H,19H2,1H3,(H,34,35)(H,36,37)/b33-18-. The molecule has 2 N–H and O–H groups in total. The second kappa shape index (κ2) is 12.4. The van der Waals surface area contributed by atoms with Crippen molar-refractivity contribution in [2.45, 2.75) is 13.5 Å². The lowest BCUT2D eigenvalue weighted by molar-refractivity contribution is 0.0955. The maximum absolute atomic E-state index is 12.6. The molecule has 0 saturated carbocycles. The van der Waals surface area contributed by atoms with E-state index >= 15 is 0 Å². The third-order valence-corrected chi connectivity index (χ3v) is 6.97. The van der Waals surface area contributed by atoms with Gasteiger partial charge in [0.1, 0.15) is 12.4 Å². The monoisotopic (exact) mass is 552 g/mol. The number of hydrogen-bond acceptors (Lipinski definition) is 6. The molecule has 0 spiro atoms. The fraction of sp³-hybridized carbons (Fsp3) is 0.0645. The zero-order valence-electron chi connectivity index (χ0n) is 21.1. The Morgan fingerprint density at radius 3 is 2.59 bits per heavy atom. The maximum Gasteiger partial charge on any atom is 0.271 e. The first kappa shape index (κ1) is 26.2. The van der Waals surface area contributed by atoms with Gasteiger partial charge in [0.2, 0.25) is 0 Å². The van der Waals surface area contributed by atoms with Crippen molar-refractivity contribution >= 4 is 45.9 Å². The Morgan fingerprint density at radius 2 is 1.79 bits per heavy atom. The summed E-state index contributed by atoms with van der Waals surface area (Å²) in [4.78, 5) is 17.3. The highest BCUT2D eigenvalue weighted by Crippen LogP contribution is 2.27. The molecule has 0 fully saturated rings. The number of halogens is 1. The number of amides is 1. The fourth-order valence-electron chi connectivity index (χ4n) is 3.71. The van der Waals surface area contributed by atoms with Crippen LogP contribution in [0.3, 0.4) is 0 Å². The van der Waals surface area contributed by atoms with E-state index in [0.717, 1.165) is 33.2 Å². The number of aryl methyl sites for hydroxylation is 1. The lowest BCUT2D eigenvalue weighted by Gasteiger charge is -2.08. The predicted molar refractivity (Wildman–Crippen MR) is 159 cm³/mol. The zero-order valence-corrected chi connectivity index (χ0v) is 22.7. The Hall–Kier alpha value is -4.46. The first-order valence-electron chi connectivity index (χ1n) is 12.2. The number of rotatable bonds is 9. The van der Waals surface area contributed by atoms with Crippen molar-refractivity contribution in [3.05, 3.63) is 130 Å². The second-order valence-electron chi connectivity index (χ2n) is 8.76. The molecule has 1 aromatic heterocycles. The van der Waals surface area contributed by atoms with E-state index in [9.17, 15) is 4.79 Å². The molecular formula is C31H25ClN4O2S. The van der Waals surface area contributed by atoms with Crippen LogP contribution in [0.4, 0.5) is 10.8 Å². The Bertz CT molecular complexity index is 1600. The summed E-state index contributed by atoms with van der Waals surface area (Å²) in [6, 6.07) is 30.4. The molecule has 0 aliphatic carbocycles. The van der Waals surface area contributed by atoms with Crippen LogP contribution in [0.2, 0.25) is 5.02 Å². The van der Waals surface area contributed by atoms with Gasteiger partial charge in [-0.15, -0.1) is 11.3 Å². The fourth-order valence-corrected chi connectivity index (χ4v) is 4.64. The lowest BCUT2D eigenvalue weighted by atomic mass is 10.1. The highest BCUT2D eigenvalue weighted by Gasteiger charge is 2.08. The van der Waals surface area contributed by atoms with E-state index in [4.69, 9.17) is 16.3 Å². The molecular weight excluding hydrogens is 528 g/mol. The third-order valence-electron chi connectivity index (χ3n) is 5.84. The summed E-state index contributed by atoms with van der Waals surface area (Å²) >= 11 is 7.73. The molecule has 8 heteroatoms. The van der Waals surface area contributed by atoms with E-state index in [2.05, 4.69) is 39.9 Å². The van der Waals surface area contributed by atoms with Crippen LogP contribution in [0.25, 0.3) is 11.3 Å². The number of ether oxygens (including phenoxy) is 1. The van der Waals surface area contributed by atoms with Gasteiger partial charge in [0.05, 0.1) is 11.9 Å². The number of thiazole rings is 1. The van der Waals surface area contributed by atoms with Crippen molar-refractivity contribution < 1.29 is 9.53 Å². The summed E-state index contributed by atoms with van der Waals surface area (Å²) in [5.74, 6) is 0.379. The molecule has 4 aromatic carbocycles. The van der Waals surface area contributed by atoms with Crippen molar-refractivity contribution in [3.8, 4) is 17.0 Å². The number of aromatic nitrogens is 1. The normalized spacial score (nSPS) is 10.9. The van der Waals surface area contributed by atoms with Gasteiger partial charge >= 0.3 is 0 Å². The van der Waals surface area contributed by atoms with Gasteiger partial charge in [-0.2, -0.15) is 5.10 Å². The van der Waals surface area contributed by atoms with Crippen LogP contribution in [0, 0.1) is 6.92 Å². The number of carbonyl (C=O) groups excluding carboxylic acids is 1. The minimum absolute atomic E-state index is 0.302. The minimum Gasteiger partial charge on any atom is -0.489 e. The first-order chi connectivity index (χ1) is 19.0. The molecule has 0 aliphatic rings. The number of carbonyl (C=O) groups is 1. The molecule has 1 heterocycles. The van der Waals surface area contributed by atoms with Gasteiger partial charge in [-0.3, -0.25) is 4.79 Å². The zero-order chi connectivity index (χ0) is 27.0. The smallest absolute Gasteiger partial charge is 0.271 e. The first-order valence-corrected chi connectivity index (χ1v) is 13.5. The average molecular weight is 553 g/mol. The van der Waals surface area contributed by atoms with Crippen LogP contribution in [0.5, 0.6) is 5.75 Å². The van der Waals surface area contributed by atoms with Crippen molar-refractivity contribution in [2.24, 2.45) is 5.10 Å². The molecule has 5 rings (SSSR count). The topological polar surface area (TPSA) is 75.6 Å². The van der Waals surface area contributed by atoms with Crippen molar-refractivity contribution in [1.82, 2.24) is 10.4 Å². The van der Waals surface area contributed by atoms with Crippen LogP contribution in [-0.2, 0) is 6.61 Å². The van der Waals surface area contributed by atoms with Gasteiger partial charge in [-0.25, -0.2) is 10.4 Å². The number of nitrogens with one attached hydrogen (secondary N) is 2. The lowest BCUT2D eigenvalue weighted by Crippen LogP contribution is -2.17. The molecule has 0 saturated heterocycles. The number of nitrogens with zero attached hydrogens (tertiary/aromatic N) is 2. The molecule has 0 aliphatic heterocycles. The van der Waals surface area contributed by atoms with Crippen LogP contribution in [0.15, 0.2) is 108 Å². The molecule has 39 heavy (non-hydrogen) atoms. The summed E-state index contributed by atoms with van der Waals surface area (Å²) in [5.41, 5.74) is 8.75. The molecule has 0 unspecified atom stereocenters. The van der Waals surface area contributed by atoms with Crippen LogP contribution in [-0.4, -0.2) is 17.1 Å². The minimum atomic E-state index is -0.302. The third kappa shape index (κ3) is 7.10. The number of hydrazone groups is 1. The quantitative estimate of drug-likeness (QED) is 0.144. The van der Waals surface area contributed by atoms with Crippen LogP contribution in [0.1, 0.15) is 27.0 Å². The van der Waals surface area contributed by atoms with Gasteiger partial charge in [0, 0.05) is 32.8 Å². The van der Waals surface area contributed by atoms with Gasteiger partial charge < -0.3 is 10.1 Å². The molecule has 6 nitrogen and oxygen atoms in total. The Kier molecular flexibility index (Phi) is 8.31. The summed E-state index contributed by atoms with van der Waals surface area (Å²) in [6.07, 6.45) is 1.58. The molecule has 0 atom stereocenters. The van der Waals surface area contributed by atoms with E-state index in [1.165, 1.54) is 16.9 Å². The van der Waals surface area contributed by atoms with Crippen LogP contribution >= 0.6 is 22.9 Å². The summed E-state index contributed by atoms with van der Waals surface area (Å²) in [5, 5.41) is 10.9. The van der Waals surface area contributed by atoms with Crippen molar-refractivity contribution in [2.75, 3.05) is 5.32 Å². The molecule has 1 amide bonds. The van der Waals surface area contributed by atoms with Gasteiger partial charge in [0.25, 0.3) is 5.91 Å². The van der Waals surface area contributed by atoms with E-state index in [1.54, 1.807) is 18.3 Å². The molecule has 0 radical (unpaired) electrons. The van der Waals surface area contributed by atoms with E-state index in [0.29, 0.717) is 22.9 Å². The predicted octanol–water partition coefficient (Wildman–Crippen LogP) is 7.86. The van der Waals surface area contributed by atoms with Crippen molar-refractivity contribution in [1.29, 1.82) is 0 Å². The Morgan fingerprint density at radius 1 is 1.00 bits per heavy atom. The molecule has 194 valence electrons. The number of benzene rings is 4. The second-order valence-corrected chi connectivity index (χ2v) is 10.0. The SMILES string of the molecule is Cc1ccc(Nc2nc(-c3ccc(C(=O)N/N=C\c4cccc(OCc5ccccc5Cl)c4)cc3)cs2)cc1. The van der Waals surface area contributed by atoms with E-state index < -0.39 is 0 Å². The highest BCUT2D eigenvalue weighted by molar-refractivity contribution is 7.14. The van der Waals surface area contributed by atoms with Crippen molar-refractivity contribution in [3.63, 3.8) is 0 Å². The maximum atomic E-state index is 12.6. The summed E-state index contributed by atoms with van der Waals surface area (Å²) in [6.45, 7) is 2.42. The van der Waals surface area contributed by atoms with Gasteiger partial charge in [-0.1, -0.05) is 71.8 Å². The molecule has 5 aromatic rings. The number of hydrogen-bond donors (Lipinski definition) is 2. The average Bonchev–Trinajstić information content (AvgIpc) is 3.43. The molecule has 0 bridgehead atoms. The van der Waals surface area contributed by atoms with Gasteiger partial charge in [-0.05, 0) is 55.0 Å². The van der Waals surface area contributed by atoms with E-state index in [1.807, 2.05) is 78.2 Å². The van der Waals surface area contributed by atoms with Crippen LogP contribution < -0.4 is 15.5 Å². The Labute approximate surface area is 236 Å². The number of anilines is 2. The van der Waals surface area contributed by atoms with E-state index in [-0.39, 0.29) is 5.91 Å². The summed E-state index contributed by atoms with van der Waals surface area (Å²) in [7, 11) is 0. The highest BCUT2D eigenvalue weighted by atomic mass is 35.5. The Balaban J connectivity index is 1.15. The van der Waals surface area contributed by atoms with Gasteiger partial charge in [0.15, 0.2) is 5.13 Å². The summed E-state index contributed by atoms with van der Waals surface area (Å²) < 4.78 is 5.85. The largest absolute Gasteiger partial charge is 0.489 e.